The van der Waals surface area contributed by atoms with Crippen molar-refractivity contribution in [3.8, 4) is 0 Å². The molecule has 0 fully saturated rings. The Kier molecular flexibility index (Phi) is 26.8. The molecule has 0 bridgehead atoms. The molecule has 1 heteroatoms. The summed E-state index contributed by atoms with van der Waals surface area (Å²) in [6, 6.07) is 0. The quantitative estimate of drug-likeness (QED) is 0.0522. The molecule has 0 N–H and O–H groups in total. The van der Waals surface area contributed by atoms with Crippen molar-refractivity contribution in [1.82, 2.24) is 0 Å². The molecule has 214 valence electrons. The van der Waals surface area contributed by atoms with Crippen LogP contribution in [0.1, 0.15) is 194 Å². The summed E-state index contributed by atoms with van der Waals surface area (Å²) in [4.78, 5) is 0. The third kappa shape index (κ3) is 24.5. The molecule has 1 atom stereocenters. The first-order chi connectivity index (χ1) is 17.8. The smallest absolute Gasteiger partial charge is 0.0114 e. The molecule has 0 spiro atoms. The summed E-state index contributed by atoms with van der Waals surface area (Å²) in [6.45, 7) is 4.63. The second-order valence-electron chi connectivity index (χ2n) is 12.3. The molecular formula is C35H69P. The molecular weight excluding hydrogens is 451 g/mol. The summed E-state index contributed by atoms with van der Waals surface area (Å²) in [7, 11) is 0.373. The fourth-order valence-corrected chi connectivity index (χ4v) is 8.49. The third-order valence-corrected chi connectivity index (χ3v) is 11.1. The Morgan fingerprint density at radius 1 is 0.444 bits per heavy atom. The lowest BCUT2D eigenvalue weighted by atomic mass is 10.0. The molecule has 0 saturated carbocycles. The van der Waals surface area contributed by atoms with E-state index in [1.165, 1.54) is 192 Å². The highest BCUT2D eigenvalue weighted by Gasteiger charge is 2.12. The molecule has 0 amide bonds. The Hall–Kier alpha value is 0.170. The predicted octanol–water partition coefficient (Wildman–Crippen LogP) is 13.4. The van der Waals surface area contributed by atoms with E-state index in [-0.39, 0.29) is 0 Å². The maximum atomic E-state index is 2.49. The molecule has 1 aliphatic heterocycles. The van der Waals surface area contributed by atoms with Crippen LogP contribution in [0.15, 0.2) is 11.6 Å². The SMILES string of the molecule is CCCCCCCCCCCCCCCCCCCCCCCCCCCCCCP1CC=C(C)C1. The Morgan fingerprint density at radius 3 is 0.972 bits per heavy atom. The molecule has 1 unspecified atom stereocenters. The van der Waals surface area contributed by atoms with Gasteiger partial charge < -0.3 is 0 Å². The van der Waals surface area contributed by atoms with Crippen LogP contribution in [0.5, 0.6) is 0 Å². The fourth-order valence-electron chi connectivity index (χ4n) is 5.94. The van der Waals surface area contributed by atoms with Crippen molar-refractivity contribution >= 4 is 7.92 Å². The lowest BCUT2D eigenvalue weighted by molar-refractivity contribution is 0.514. The zero-order valence-electron chi connectivity index (χ0n) is 25.4. The van der Waals surface area contributed by atoms with Gasteiger partial charge in [-0.05, 0) is 31.8 Å². The van der Waals surface area contributed by atoms with Crippen molar-refractivity contribution < 1.29 is 0 Å². The topological polar surface area (TPSA) is 0 Å². The van der Waals surface area contributed by atoms with E-state index in [0.717, 1.165) is 0 Å². The van der Waals surface area contributed by atoms with Crippen LogP contribution in [-0.4, -0.2) is 18.5 Å². The number of hydrogen-bond donors (Lipinski definition) is 0. The molecule has 0 aromatic carbocycles. The minimum absolute atomic E-state index is 0.373. The van der Waals surface area contributed by atoms with E-state index < -0.39 is 0 Å². The van der Waals surface area contributed by atoms with Crippen molar-refractivity contribution in [3.05, 3.63) is 11.6 Å². The van der Waals surface area contributed by atoms with Crippen LogP contribution >= 0.6 is 7.92 Å². The van der Waals surface area contributed by atoms with Gasteiger partial charge in [0.15, 0.2) is 0 Å². The van der Waals surface area contributed by atoms with Gasteiger partial charge in [-0.3, -0.25) is 0 Å². The third-order valence-electron chi connectivity index (χ3n) is 8.50. The van der Waals surface area contributed by atoms with Crippen LogP contribution in [0.25, 0.3) is 0 Å². The van der Waals surface area contributed by atoms with E-state index in [9.17, 15) is 0 Å². The van der Waals surface area contributed by atoms with Gasteiger partial charge in [0.25, 0.3) is 0 Å². The summed E-state index contributed by atoms with van der Waals surface area (Å²) >= 11 is 0. The van der Waals surface area contributed by atoms with Crippen molar-refractivity contribution in [3.63, 3.8) is 0 Å². The summed E-state index contributed by atoms with van der Waals surface area (Å²) in [6.07, 6.45) is 48.6. The number of hydrogen-bond acceptors (Lipinski definition) is 0. The van der Waals surface area contributed by atoms with Gasteiger partial charge in [0.1, 0.15) is 0 Å². The van der Waals surface area contributed by atoms with Gasteiger partial charge in [0.05, 0.1) is 0 Å². The average molecular weight is 521 g/mol. The van der Waals surface area contributed by atoms with Crippen LogP contribution in [-0.2, 0) is 0 Å². The molecule has 1 rings (SSSR count). The van der Waals surface area contributed by atoms with E-state index >= 15 is 0 Å². The predicted molar refractivity (Wildman–Crippen MR) is 170 cm³/mol. The second-order valence-corrected chi connectivity index (χ2v) is 14.8. The van der Waals surface area contributed by atoms with E-state index in [4.69, 9.17) is 0 Å². The molecule has 0 aromatic rings. The standard InChI is InChI=1S/C35H69P/c1-3-4-5-6-7-8-9-10-11-12-13-14-15-16-17-18-19-20-21-22-23-24-25-26-27-28-29-30-32-36-33-31-35(2)34-36/h31H,3-30,32-34H2,1-2H3. The Morgan fingerprint density at radius 2 is 0.722 bits per heavy atom. The van der Waals surface area contributed by atoms with Crippen LogP contribution in [0.4, 0.5) is 0 Å². The number of rotatable bonds is 29. The summed E-state index contributed by atoms with van der Waals surface area (Å²) in [5, 5.41) is 0. The van der Waals surface area contributed by atoms with Crippen LogP contribution < -0.4 is 0 Å². The van der Waals surface area contributed by atoms with Gasteiger partial charge in [0.2, 0.25) is 0 Å². The highest BCUT2D eigenvalue weighted by atomic mass is 31.1. The first-order valence-electron chi connectivity index (χ1n) is 17.2. The molecule has 1 aliphatic rings. The van der Waals surface area contributed by atoms with Gasteiger partial charge in [-0.15, -0.1) is 0 Å². The lowest BCUT2D eigenvalue weighted by Gasteiger charge is -2.10. The van der Waals surface area contributed by atoms with Crippen molar-refractivity contribution in [2.75, 3.05) is 18.5 Å². The van der Waals surface area contributed by atoms with Crippen LogP contribution in [0, 0.1) is 0 Å². The van der Waals surface area contributed by atoms with E-state index in [1.54, 1.807) is 11.7 Å². The normalized spacial score (nSPS) is 15.6. The molecule has 36 heavy (non-hydrogen) atoms. The molecule has 1 heterocycles. The van der Waals surface area contributed by atoms with Gasteiger partial charge in [0, 0.05) is 0 Å². The number of allylic oxidation sites excluding steroid dienone is 2. The lowest BCUT2D eigenvalue weighted by Crippen LogP contribution is -1.89. The van der Waals surface area contributed by atoms with E-state index in [0.29, 0.717) is 7.92 Å². The molecule has 0 radical (unpaired) electrons. The second kappa shape index (κ2) is 28.2. The summed E-state index contributed by atoms with van der Waals surface area (Å²) in [5.41, 5.74) is 1.67. The largest absolute Gasteiger partial charge is 0.0987 e. The van der Waals surface area contributed by atoms with Gasteiger partial charge >= 0.3 is 0 Å². The van der Waals surface area contributed by atoms with E-state index in [1.807, 2.05) is 0 Å². The highest BCUT2D eigenvalue weighted by Crippen LogP contribution is 2.43. The first kappa shape index (κ1) is 34.2. The van der Waals surface area contributed by atoms with Crippen molar-refractivity contribution in [2.24, 2.45) is 0 Å². The highest BCUT2D eigenvalue weighted by molar-refractivity contribution is 7.58. The minimum Gasteiger partial charge on any atom is -0.0987 e. The number of unbranched alkanes of at least 4 members (excludes halogenated alkanes) is 27. The Labute approximate surface area is 231 Å². The van der Waals surface area contributed by atoms with E-state index in [2.05, 4.69) is 19.9 Å². The molecule has 0 saturated heterocycles. The van der Waals surface area contributed by atoms with Gasteiger partial charge in [-0.1, -0.05) is 200 Å². The maximum Gasteiger partial charge on any atom is -0.0114 e. The molecule has 0 nitrogen and oxygen atoms in total. The van der Waals surface area contributed by atoms with Crippen molar-refractivity contribution in [2.45, 2.75) is 194 Å². The summed E-state index contributed by atoms with van der Waals surface area (Å²) in [5.74, 6) is 0. The zero-order chi connectivity index (χ0) is 25.8. The molecule has 0 aliphatic carbocycles. The van der Waals surface area contributed by atoms with Crippen molar-refractivity contribution in [1.29, 1.82) is 0 Å². The van der Waals surface area contributed by atoms with Crippen LogP contribution in [0.2, 0.25) is 0 Å². The first-order valence-corrected chi connectivity index (χ1v) is 19.1. The average Bonchev–Trinajstić information content (AvgIpc) is 3.30. The minimum atomic E-state index is 0.373. The zero-order valence-corrected chi connectivity index (χ0v) is 26.3. The van der Waals surface area contributed by atoms with Crippen LogP contribution in [0.3, 0.4) is 0 Å². The Bertz CT molecular complexity index is 454. The molecule has 0 aromatic heterocycles. The fraction of sp³-hybridized carbons (Fsp3) is 0.943. The monoisotopic (exact) mass is 521 g/mol. The van der Waals surface area contributed by atoms with Gasteiger partial charge in [-0.2, -0.15) is 0 Å². The maximum absolute atomic E-state index is 2.49. The van der Waals surface area contributed by atoms with Gasteiger partial charge in [-0.25, -0.2) is 0 Å². The Balaban J connectivity index is 1.61. The summed E-state index contributed by atoms with van der Waals surface area (Å²) < 4.78 is 0.